The molecule has 3 rings (SSSR count). The highest BCUT2D eigenvalue weighted by Gasteiger charge is 2.29. The van der Waals surface area contributed by atoms with E-state index in [1.54, 1.807) is 13.0 Å². The maximum absolute atomic E-state index is 12.6. The van der Waals surface area contributed by atoms with Gasteiger partial charge < -0.3 is 9.52 Å². The Kier molecular flexibility index (Phi) is 6.51. The largest absolute Gasteiger partial charge is 0.507 e. The van der Waals surface area contributed by atoms with Crippen LogP contribution in [0, 0.1) is 26.2 Å². The first-order valence-corrected chi connectivity index (χ1v) is 10.3. The molecule has 2 aromatic carbocycles. The van der Waals surface area contributed by atoms with Crippen molar-refractivity contribution in [1.29, 1.82) is 0 Å². The number of halogens is 3. The van der Waals surface area contributed by atoms with E-state index in [1.807, 2.05) is 13.0 Å². The number of aryl methyl sites for hydroxylation is 3. The van der Waals surface area contributed by atoms with Crippen molar-refractivity contribution < 1.29 is 22.7 Å². The summed E-state index contributed by atoms with van der Waals surface area (Å²) >= 11 is 1.32. The maximum Gasteiger partial charge on any atom is 0.416 e. The summed E-state index contributed by atoms with van der Waals surface area (Å²) in [6.07, 6.45) is 1.52. The Morgan fingerprint density at radius 3 is 2.35 bits per heavy atom. The molecule has 31 heavy (non-hydrogen) atoms. The molecule has 0 radical (unpaired) electrons. The molecular weight excluding hydrogens is 425 g/mol. The Labute approximate surface area is 181 Å². The molecule has 3 aromatic rings. The highest BCUT2D eigenvalue weighted by molar-refractivity contribution is 7.99. The number of benzene rings is 2. The van der Waals surface area contributed by atoms with Crippen LogP contribution < -0.4 is 5.63 Å². The van der Waals surface area contributed by atoms with Crippen LogP contribution in [-0.2, 0) is 12.6 Å². The van der Waals surface area contributed by atoms with Crippen LogP contribution >= 0.6 is 11.8 Å². The Balaban J connectivity index is 1.78. The second-order valence-electron chi connectivity index (χ2n) is 7.03. The fraction of sp³-hybridized carbons (Fsp3) is 0.208. The smallest absolute Gasteiger partial charge is 0.416 e. The molecule has 0 saturated heterocycles. The van der Waals surface area contributed by atoms with E-state index in [9.17, 15) is 23.1 Å². The van der Waals surface area contributed by atoms with Gasteiger partial charge in [-0.25, -0.2) is 4.79 Å². The lowest BCUT2D eigenvalue weighted by molar-refractivity contribution is -0.137. The molecule has 1 N–H and O–H groups in total. The zero-order chi connectivity index (χ0) is 22.8. The molecule has 1 heterocycles. The number of terminal acetylenes is 1. The number of hydrogen-bond acceptors (Lipinski definition) is 4. The first-order valence-electron chi connectivity index (χ1n) is 9.34. The van der Waals surface area contributed by atoms with Gasteiger partial charge in [-0.2, -0.15) is 13.2 Å². The van der Waals surface area contributed by atoms with Gasteiger partial charge in [-0.05, 0) is 55.3 Å². The molecule has 0 aliphatic heterocycles. The number of rotatable bonds is 5. The van der Waals surface area contributed by atoms with Crippen LogP contribution in [-0.4, -0.2) is 10.9 Å². The number of aromatic hydroxyl groups is 1. The summed E-state index contributed by atoms with van der Waals surface area (Å²) in [6, 6.07) is 9.84. The molecule has 0 unspecified atom stereocenters. The van der Waals surface area contributed by atoms with Crippen LogP contribution in [0.25, 0.3) is 11.1 Å². The average molecular weight is 444 g/mol. The van der Waals surface area contributed by atoms with Gasteiger partial charge in [0.1, 0.15) is 17.1 Å². The summed E-state index contributed by atoms with van der Waals surface area (Å²) in [5.41, 5.74) is 1.26. The molecule has 0 spiro atoms. The molecule has 3 nitrogen and oxygen atoms in total. The van der Waals surface area contributed by atoms with E-state index in [0.29, 0.717) is 28.2 Å². The van der Waals surface area contributed by atoms with E-state index in [4.69, 9.17) is 10.8 Å². The van der Waals surface area contributed by atoms with Gasteiger partial charge >= 0.3 is 11.8 Å². The van der Waals surface area contributed by atoms with Crippen molar-refractivity contribution in [2.24, 2.45) is 0 Å². The van der Waals surface area contributed by atoms with Crippen molar-refractivity contribution >= 4 is 11.8 Å². The van der Waals surface area contributed by atoms with Gasteiger partial charge in [-0.1, -0.05) is 12.0 Å². The first kappa shape index (κ1) is 22.6. The lowest BCUT2D eigenvalue weighted by Gasteiger charge is -2.12. The third-order valence-corrected chi connectivity index (χ3v) is 5.68. The fourth-order valence-electron chi connectivity index (χ4n) is 3.31. The number of alkyl halides is 3. The van der Waals surface area contributed by atoms with Crippen molar-refractivity contribution in [2.45, 2.75) is 31.3 Å². The summed E-state index contributed by atoms with van der Waals surface area (Å²) in [5.74, 6) is 3.04. The van der Waals surface area contributed by atoms with E-state index >= 15 is 0 Å². The molecular formula is C24H19F3O3S. The van der Waals surface area contributed by atoms with Gasteiger partial charge in [0.15, 0.2) is 0 Å². The molecule has 0 amide bonds. The van der Waals surface area contributed by atoms with Crippen LogP contribution in [0.1, 0.15) is 28.0 Å². The summed E-state index contributed by atoms with van der Waals surface area (Å²) in [7, 11) is 0. The monoisotopic (exact) mass is 444 g/mol. The molecule has 0 aliphatic carbocycles. The molecule has 0 fully saturated rings. The molecule has 1 aromatic heterocycles. The highest BCUT2D eigenvalue weighted by atomic mass is 32.2. The minimum absolute atomic E-state index is 0.0181. The van der Waals surface area contributed by atoms with Crippen LogP contribution in [0.3, 0.4) is 0 Å². The van der Waals surface area contributed by atoms with Gasteiger partial charge in [-0.15, -0.1) is 18.2 Å². The molecule has 160 valence electrons. The normalized spacial score (nSPS) is 11.4. The van der Waals surface area contributed by atoms with Crippen molar-refractivity contribution in [3.05, 3.63) is 80.9 Å². The van der Waals surface area contributed by atoms with Crippen molar-refractivity contribution in [3.8, 4) is 29.2 Å². The minimum atomic E-state index is -4.37. The van der Waals surface area contributed by atoms with E-state index in [-0.39, 0.29) is 17.1 Å². The van der Waals surface area contributed by atoms with E-state index in [0.717, 1.165) is 23.3 Å². The average Bonchev–Trinajstić information content (AvgIpc) is 2.68. The third kappa shape index (κ3) is 5.15. The maximum atomic E-state index is 12.6. The third-order valence-electron chi connectivity index (χ3n) is 4.67. The quantitative estimate of drug-likeness (QED) is 0.389. The second-order valence-corrected chi connectivity index (χ2v) is 8.20. The standard InChI is InChI=1S/C24H19F3O3S/c1-4-16-12-14(2)11-15(3)21(16)22-20(28)13-18(30-23(22)29)9-10-31-19-7-5-17(6-8-19)24(25,26)27/h1,5-8,11-13,28H,9-10H2,2-3H3. The van der Waals surface area contributed by atoms with Crippen molar-refractivity contribution in [1.82, 2.24) is 0 Å². The Morgan fingerprint density at radius 2 is 1.77 bits per heavy atom. The summed E-state index contributed by atoms with van der Waals surface area (Å²) in [6.45, 7) is 3.69. The van der Waals surface area contributed by atoms with Crippen molar-refractivity contribution in [2.75, 3.05) is 5.75 Å². The summed E-state index contributed by atoms with van der Waals surface area (Å²) in [4.78, 5) is 13.3. The van der Waals surface area contributed by atoms with Gasteiger partial charge in [0.05, 0.1) is 5.56 Å². The number of thioether (sulfide) groups is 1. The van der Waals surface area contributed by atoms with Crippen molar-refractivity contribution in [3.63, 3.8) is 0 Å². The van der Waals surface area contributed by atoms with Crippen LogP contribution in [0.5, 0.6) is 5.75 Å². The van der Waals surface area contributed by atoms with Gasteiger partial charge in [0.2, 0.25) is 0 Å². The van der Waals surface area contributed by atoms with E-state index in [2.05, 4.69) is 5.92 Å². The molecule has 0 aliphatic rings. The molecule has 0 atom stereocenters. The predicted octanol–water partition coefficient (Wildman–Crippen LogP) is 5.96. The van der Waals surface area contributed by atoms with Gasteiger partial charge in [0.25, 0.3) is 0 Å². The van der Waals surface area contributed by atoms with Crippen LogP contribution in [0.4, 0.5) is 13.2 Å². The SMILES string of the molecule is C#Cc1cc(C)cc(C)c1-c1c(O)cc(CCSc2ccc(C(F)(F)F)cc2)oc1=O. The zero-order valence-electron chi connectivity index (χ0n) is 16.8. The fourth-order valence-corrected chi connectivity index (χ4v) is 4.17. The number of hydrogen-bond donors (Lipinski definition) is 1. The second kappa shape index (κ2) is 8.94. The van der Waals surface area contributed by atoms with Gasteiger partial charge in [-0.3, -0.25) is 0 Å². The van der Waals surface area contributed by atoms with Crippen LogP contribution in [0.15, 0.2) is 56.6 Å². The van der Waals surface area contributed by atoms with E-state index < -0.39 is 17.4 Å². The minimum Gasteiger partial charge on any atom is -0.507 e. The Morgan fingerprint density at radius 1 is 1.10 bits per heavy atom. The molecule has 7 heteroatoms. The lowest BCUT2D eigenvalue weighted by Crippen LogP contribution is -2.08. The lowest BCUT2D eigenvalue weighted by atomic mass is 9.93. The molecule has 0 bridgehead atoms. The Bertz CT molecular complexity index is 1200. The predicted molar refractivity (Wildman–Crippen MR) is 115 cm³/mol. The zero-order valence-corrected chi connectivity index (χ0v) is 17.7. The Hall–Kier alpha value is -3.11. The molecule has 0 saturated carbocycles. The topological polar surface area (TPSA) is 50.4 Å². The van der Waals surface area contributed by atoms with Gasteiger partial charge in [0, 0.05) is 34.3 Å². The van der Waals surface area contributed by atoms with Crippen LogP contribution in [0.2, 0.25) is 0 Å². The summed E-state index contributed by atoms with van der Waals surface area (Å²) in [5, 5.41) is 10.5. The van der Waals surface area contributed by atoms with E-state index in [1.165, 1.54) is 30.0 Å². The first-order chi connectivity index (χ1) is 14.6. The summed E-state index contributed by atoms with van der Waals surface area (Å²) < 4.78 is 43.3. The highest BCUT2D eigenvalue weighted by Crippen LogP contribution is 2.34.